The lowest BCUT2D eigenvalue weighted by Gasteiger charge is -2.34. The fourth-order valence-electron chi connectivity index (χ4n) is 2.80. The molecule has 1 saturated heterocycles. The first-order valence-corrected chi connectivity index (χ1v) is 7.56. The van der Waals surface area contributed by atoms with Gasteiger partial charge < -0.3 is 9.64 Å². The van der Waals surface area contributed by atoms with Crippen LogP contribution in [0.1, 0.15) is 18.4 Å². The maximum absolute atomic E-state index is 5.90. The average Bonchev–Trinajstić information content (AvgIpc) is 3.24. The summed E-state index contributed by atoms with van der Waals surface area (Å²) in [5.74, 6) is 0.890. The number of rotatable bonds is 6. The summed E-state index contributed by atoms with van der Waals surface area (Å²) in [5.41, 5.74) is 1.19. The van der Waals surface area contributed by atoms with Crippen LogP contribution < -0.4 is 0 Å². The van der Waals surface area contributed by atoms with Crippen molar-refractivity contribution in [3.05, 3.63) is 24.3 Å². The van der Waals surface area contributed by atoms with E-state index in [0.29, 0.717) is 6.10 Å². The molecule has 1 aliphatic heterocycles. The Bertz CT molecular complexity index is 410. The van der Waals surface area contributed by atoms with Crippen molar-refractivity contribution in [2.75, 3.05) is 39.8 Å². The van der Waals surface area contributed by atoms with Gasteiger partial charge in [-0.2, -0.15) is 0 Å². The lowest BCUT2D eigenvalue weighted by atomic mass is 10.2. The molecule has 2 aliphatic rings. The number of hydrogen-bond acceptors (Lipinski definition) is 5. The Morgan fingerprint density at radius 1 is 1.30 bits per heavy atom. The predicted molar refractivity (Wildman–Crippen MR) is 77.3 cm³/mol. The van der Waals surface area contributed by atoms with E-state index in [2.05, 4.69) is 26.8 Å². The molecule has 0 aromatic carbocycles. The molecule has 20 heavy (non-hydrogen) atoms. The van der Waals surface area contributed by atoms with E-state index in [1.165, 1.54) is 24.9 Å². The molecule has 1 aliphatic carbocycles. The molecule has 1 aromatic rings. The van der Waals surface area contributed by atoms with Gasteiger partial charge in [-0.3, -0.25) is 4.90 Å². The van der Waals surface area contributed by atoms with Crippen molar-refractivity contribution in [3.8, 4) is 0 Å². The van der Waals surface area contributed by atoms with Crippen molar-refractivity contribution in [3.63, 3.8) is 0 Å². The zero-order chi connectivity index (χ0) is 13.8. The molecule has 0 radical (unpaired) electrons. The van der Waals surface area contributed by atoms with Crippen molar-refractivity contribution in [1.82, 2.24) is 19.8 Å². The van der Waals surface area contributed by atoms with Crippen LogP contribution in [0.3, 0.4) is 0 Å². The smallest absolute Gasteiger partial charge is 0.115 e. The first-order valence-electron chi connectivity index (χ1n) is 7.56. The van der Waals surface area contributed by atoms with Crippen LogP contribution in [-0.4, -0.2) is 65.7 Å². The van der Waals surface area contributed by atoms with Gasteiger partial charge in [-0.1, -0.05) is 0 Å². The summed E-state index contributed by atoms with van der Waals surface area (Å²) in [6.07, 6.45) is 8.52. The molecule has 0 spiro atoms. The third-order valence-corrected chi connectivity index (χ3v) is 4.04. The van der Waals surface area contributed by atoms with Crippen molar-refractivity contribution < 1.29 is 4.74 Å². The summed E-state index contributed by atoms with van der Waals surface area (Å²) in [4.78, 5) is 13.1. The second kappa shape index (κ2) is 6.61. The van der Waals surface area contributed by atoms with Crippen LogP contribution in [0.25, 0.3) is 0 Å². The van der Waals surface area contributed by atoms with E-state index in [1.54, 1.807) is 6.33 Å². The molecule has 0 amide bonds. The number of hydrogen-bond donors (Lipinski definition) is 0. The molecule has 1 atom stereocenters. The molecule has 5 nitrogen and oxygen atoms in total. The Labute approximate surface area is 121 Å². The van der Waals surface area contributed by atoms with Gasteiger partial charge >= 0.3 is 0 Å². The van der Waals surface area contributed by atoms with Crippen LogP contribution in [0.15, 0.2) is 18.7 Å². The van der Waals surface area contributed by atoms with Gasteiger partial charge in [-0.15, -0.1) is 0 Å². The Balaban J connectivity index is 1.57. The minimum Gasteiger partial charge on any atom is -0.374 e. The highest BCUT2D eigenvalue weighted by Crippen LogP contribution is 2.30. The van der Waals surface area contributed by atoms with Crippen LogP contribution in [0.2, 0.25) is 0 Å². The van der Waals surface area contributed by atoms with Crippen LogP contribution >= 0.6 is 0 Å². The molecule has 0 bridgehead atoms. The second-order valence-corrected chi connectivity index (χ2v) is 6.14. The number of aromatic nitrogens is 2. The number of ether oxygens (including phenoxy) is 1. The number of morpholine rings is 1. The normalized spacial score (nSPS) is 24.2. The van der Waals surface area contributed by atoms with Crippen LogP contribution in [0.4, 0.5) is 0 Å². The lowest BCUT2D eigenvalue weighted by Crippen LogP contribution is -2.46. The molecular weight excluding hydrogens is 252 g/mol. The largest absolute Gasteiger partial charge is 0.374 e. The maximum atomic E-state index is 5.90. The fraction of sp³-hybridized carbons (Fsp3) is 0.733. The molecule has 0 unspecified atom stereocenters. The summed E-state index contributed by atoms with van der Waals surface area (Å²) in [7, 11) is 2.17. The Kier molecular flexibility index (Phi) is 4.60. The Morgan fingerprint density at radius 2 is 2.10 bits per heavy atom. The highest BCUT2D eigenvalue weighted by molar-refractivity contribution is 5.02. The summed E-state index contributed by atoms with van der Waals surface area (Å²) in [6, 6.07) is 0. The first kappa shape index (κ1) is 13.9. The minimum absolute atomic E-state index is 0.331. The number of nitrogens with zero attached hydrogens (tertiary/aromatic N) is 4. The van der Waals surface area contributed by atoms with Gasteiger partial charge in [0.15, 0.2) is 0 Å². The lowest BCUT2D eigenvalue weighted by molar-refractivity contribution is -0.0373. The Hall–Kier alpha value is -1.04. The first-order chi connectivity index (χ1) is 9.79. The van der Waals surface area contributed by atoms with Gasteiger partial charge in [0.05, 0.1) is 12.7 Å². The fourth-order valence-corrected chi connectivity index (χ4v) is 2.80. The Morgan fingerprint density at radius 3 is 2.80 bits per heavy atom. The molecule has 5 heteroatoms. The standard InChI is InChI=1S/C15H24N4O/c1-18-4-5-20-15(10-18)11-19(8-13-2-3-13)9-14-6-16-12-17-7-14/h6-7,12-13,15H,2-5,8-11H2,1H3/t15-/m1/s1. The minimum atomic E-state index is 0.331. The van der Waals surface area contributed by atoms with Gasteiger partial charge in [0, 0.05) is 50.7 Å². The van der Waals surface area contributed by atoms with Crippen LogP contribution in [0.5, 0.6) is 0 Å². The zero-order valence-corrected chi connectivity index (χ0v) is 12.2. The number of likely N-dealkylation sites (N-methyl/N-ethyl adjacent to an activating group) is 1. The quantitative estimate of drug-likeness (QED) is 0.776. The predicted octanol–water partition coefficient (Wildman–Crippen LogP) is 1.02. The van der Waals surface area contributed by atoms with E-state index in [4.69, 9.17) is 4.74 Å². The molecule has 0 N–H and O–H groups in total. The van der Waals surface area contributed by atoms with Gasteiger partial charge in [0.1, 0.15) is 6.33 Å². The third kappa shape index (κ3) is 4.23. The van der Waals surface area contributed by atoms with Crippen molar-refractivity contribution in [2.24, 2.45) is 5.92 Å². The van der Waals surface area contributed by atoms with E-state index in [9.17, 15) is 0 Å². The summed E-state index contributed by atoms with van der Waals surface area (Å²) in [5, 5.41) is 0. The molecule has 2 fully saturated rings. The molecule has 110 valence electrons. The summed E-state index contributed by atoms with van der Waals surface area (Å²) >= 11 is 0. The SMILES string of the molecule is CN1CCO[C@@H](CN(Cc2cncnc2)CC2CC2)C1. The van der Waals surface area contributed by atoms with Crippen LogP contribution in [-0.2, 0) is 11.3 Å². The molecule has 2 heterocycles. The van der Waals surface area contributed by atoms with E-state index < -0.39 is 0 Å². The van der Waals surface area contributed by atoms with E-state index in [1.807, 2.05) is 12.4 Å². The van der Waals surface area contributed by atoms with E-state index in [-0.39, 0.29) is 0 Å². The highest BCUT2D eigenvalue weighted by Gasteiger charge is 2.27. The average molecular weight is 276 g/mol. The van der Waals surface area contributed by atoms with Gasteiger partial charge in [0.2, 0.25) is 0 Å². The van der Waals surface area contributed by atoms with Crippen molar-refractivity contribution in [1.29, 1.82) is 0 Å². The monoisotopic (exact) mass is 276 g/mol. The second-order valence-electron chi connectivity index (χ2n) is 6.14. The zero-order valence-electron chi connectivity index (χ0n) is 12.2. The highest BCUT2D eigenvalue weighted by atomic mass is 16.5. The van der Waals surface area contributed by atoms with Crippen molar-refractivity contribution in [2.45, 2.75) is 25.5 Å². The summed E-state index contributed by atoms with van der Waals surface area (Å²) in [6.45, 7) is 6.06. The maximum Gasteiger partial charge on any atom is 0.115 e. The third-order valence-electron chi connectivity index (χ3n) is 4.04. The summed E-state index contributed by atoms with van der Waals surface area (Å²) < 4.78 is 5.90. The van der Waals surface area contributed by atoms with E-state index >= 15 is 0 Å². The van der Waals surface area contributed by atoms with Gasteiger partial charge in [0.25, 0.3) is 0 Å². The van der Waals surface area contributed by atoms with Gasteiger partial charge in [-0.05, 0) is 25.8 Å². The molecular formula is C15H24N4O. The van der Waals surface area contributed by atoms with E-state index in [0.717, 1.165) is 38.7 Å². The molecule has 1 saturated carbocycles. The van der Waals surface area contributed by atoms with Crippen LogP contribution in [0, 0.1) is 5.92 Å². The molecule has 3 rings (SSSR count). The molecule has 1 aromatic heterocycles. The van der Waals surface area contributed by atoms with Gasteiger partial charge in [-0.25, -0.2) is 9.97 Å². The van der Waals surface area contributed by atoms with Crippen molar-refractivity contribution >= 4 is 0 Å². The topological polar surface area (TPSA) is 41.5 Å².